The fraction of sp³-hybridized carbons (Fsp3) is 0.200. The molecular formula is C10H13N3O. The van der Waals surface area contributed by atoms with Crippen LogP contribution in [0, 0.1) is 0 Å². The number of hydrogen-bond donors (Lipinski definition) is 2. The van der Waals surface area contributed by atoms with Crippen LogP contribution in [0.5, 0.6) is 0 Å². The van der Waals surface area contributed by atoms with Crippen molar-refractivity contribution in [2.75, 3.05) is 5.73 Å². The number of nitrogens with one attached hydrogen (secondary N) is 1. The van der Waals surface area contributed by atoms with E-state index in [1.165, 1.54) is 6.92 Å². The largest absolute Gasteiger partial charge is 0.399 e. The van der Waals surface area contributed by atoms with E-state index in [-0.39, 0.29) is 5.91 Å². The van der Waals surface area contributed by atoms with E-state index >= 15 is 0 Å². The number of nitrogens with zero attached hydrogens (tertiary/aromatic N) is 1. The van der Waals surface area contributed by atoms with Crippen molar-refractivity contribution in [3.05, 3.63) is 29.8 Å². The first-order valence-corrected chi connectivity index (χ1v) is 4.26. The van der Waals surface area contributed by atoms with Crippen LogP contribution in [-0.2, 0) is 4.79 Å². The second-order valence-electron chi connectivity index (χ2n) is 2.99. The smallest absolute Gasteiger partial charge is 0.236 e. The number of hydrazone groups is 1. The summed E-state index contributed by atoms with van der Waals surface area (Å²) in [7, 11) is 0. The molecular weight excluding hydrogens is 178 g/mol. The lowest BCUT2D eigenvalue weighted by atomic mass is 10.1. The Hall–Kier alpha value is -1.84. The Morgan fingerprint density at radius 3 is 2.71 bits per heavy atom. The van der Waals surface area contributed by atoms with Crippen molar-refractivity contribution in [1.29, 1.82) is 0 Å². The SMILES string of the molecule is CC(=O)NN=C(C)c1cccc(N)c1. The highest BCUT2D eigenvalue weighted by Gasteiger charge is 1.97. The predicted octanol–water partition coefficient (Wildman–Crippen LogP) is 1.13. The fourth-order valence-corrected chi connectivity index (χ4v) is 0.991. The second-order valence-corrected chi connectivity index (χ2v) is 2.99. The molecule has 1 aromatic rings. The fourth-order valence-electron chi connectivity index (χ4n) is 0.991. The van der Waals surface area contributed by atoms with E-state index in [4.69, 9.17) is 5.73 Å². The maximum atomic E-state index is 10.6. The number of nitrogen functional groups attached to an aromatic ring is 1. The average molecular weight is 191 g/mol. The van der Waals surface area contributed by atoms with Gasteiger partial charge >= 0.3 is 0 Å². The van der Waals surface area contributed by atoms with Gasteiger partial charge in [0.05, 0.1) is 5.71 Å². The zero-order chi connectivity index (χ0) is 10.6. The van der Waals surface area contributed by atoms with E-state index in [0.717, 1.165) is 11.3 Å². The van der Waals surface area contributed by atoms with Gasteiger partial charge in [-0.05, 0) is 24.6 Å². The molecule has 4 nitrogen and oxygen atoms in total. The van der Waals surface area contributed by atoms with Crippen LogP contribution in [0.4, 0.5) is 5.69 Å². The topological polar surface area (TPSA) is 67.5 Å². The molecule has 14 heavy (non-hydrogen) atoms. The molecule has 1 amide bonds. The highest BCUT2D eigenvalue weighted by Crippen LogP contribution is 2.07. The quantitative estimate of drug-likeness (QED) is 0.418. The molecule has 0 heterocycles. The molecule has 0 aliphatic rings. The Morgan fingerprint density at radius 2 is 2.14 bits per heavy atom. The van der Waals surface area contributed by atoms with Crippen LogP contribution in [0.1, 0.15) is 19.4 Å². The van der Waals surface area contributed by atoms with Crippen LogP contribution in [0.2, 0.25) is 0 Å². The summed E-state index contributed by atoms with van der Waals surface area (Å²) in [4.78, 5) is 10.6. The number of benzene rings is 1. The predicted molar refractivity (Wildman–Crippen MR) is 56.9 cm³/mol. The maximum absolute atomic E-state index is 10.6. The summed E-state index contributed by atoms with van der Waals surface area (Å²) >= 11 is 0. The van der Waals surface area contributed by atoms with Gasteiger partial charge in [0, 0.05) is 12.6 Å². The van der Waals surface area contributed by atoms with Crippen LogP contribution >= 0.6 is 0 Å². The van der Waals surface area contributed by atoms with Gasteiger partial charge < -0.3 is 5.73 Å². The first-order chi connectivity index (χ1) is 6.59. The van der Waals surface area contributed by atoms with Crippen LogP contribution in [0.15, 0.2) is 29.4 Å². The highest BCUT2D eigenvalue weighted by atomic mass is 16.2. The van der Waals surface area contributed by atoms with E-state index in [1.54, 1.807) is 12.1 Å². The summed E-state index contributed by atoms with van der Waals surface area (Å²) in [5.41, 5.74) is 10.3. The van der Waals surface area contributed by atoms with Gasteiger partial charge in [-0.3, -0.25) is 4.79 Å². The molecule has 3 N–H and O–H groups in total. The summed E-state index contributed by atoms with van der Waals surface area (Å²) < 4.78 is 0. The van der Waals surface area contributed by atoms with E-state index in [0.29, 0.717) is 5.69 Å². The Morgan fingerprint density at radius 1 is 1.43 bits per heavy atom. The monoisotopic (exact) mass is 191 g/mol. The number of hydrogen-bond acceptors (Lipinski definition) is 3. The Labute approximate surface area is 82.8 Å². The molecule has 0 unspecified atom stereocenters. The third-order valence-corrected chi connectivity index (χ3v) is 1.69. The zero-order valence-corrected chi connectivity index (χ0v) is 8.24. The maximum Gasteiger partial charge on any atom is 0.236 e. The summed E-state index contributed by atoms with van der Waals surface area (Å²) in [6.07, 6.45) is 0. The minimum absolute atomic E-state index is 0.187. The van der Waals surface area contributed by atoms with Crippen molar-refractivity contribution in [3.63, 3.8) is 0 Å². The lowest BCUT2D eigenvalue weighted by Gasteiger charge is -2.01. The van der Waals surface area contributed by atoms with Crippen molar-refractivity contribution in [2.45, 2.75) is 13.8 Å². The summed E-state index contributed by atoms with van der Waals surface area (Å²) in [6.45, 7) is 3.22. The van der Waals surface area contributed by atoms with Crippen LogP contribution in [0.25, 0.3) is 0 Å². The van der Waals surface area contributed by atoms with E-state index < -0.39 is 0 Å². The van der Waals surface area contributed by atoms with Gasteiger partial charge in [0.25, 0.3) is 0 Å². The van der Waals surface area contributed by atoms with Crippen LogP contribution in [0.3, 0.4) is 0 Å². The Bertz CT molecular complexity index is 371. The van der Waals surface area contributed by atoms with Gasteiger partial charge in [-0.1, -0.05) is 12.1 Å². The third kappa shape index (κ3) is 2.90. The molecule has 1 aromatic carbocycles. The number of nitrogens with two attached hydrogens (primary N) is 1. The lowest BCUT2D eigenvalue weighted by molar-refractivity contribution is -0.118. The summed E-state index contributed by atoms with van der Waals surface area (Å²) in [6, 6.07) is 7.34. The molecule has 0 aliphatic heterocycles. The lowest BCUT2D eigenvalue weighted by Crippen LogP contribution is -2.15. The molecule has 4 heteroatoms. The standard InChI is InChI=1S/C10H13N3O/c1-7(12-13-8(2)14)9-4-3-5-10(11)6-9/h3-6H,11H2,1-2H3,(H,13,14). The minimum atomic E-state index is -0.187. The molecule has 1 rings (SSSR count). The van der Waals surface area contributed by atoms with E-state index in [1.807, 2.05) is 19.1 Å². The Kier molecular flexibility index (Phi) is 3.23. The van der Waals surface area contributed by atoms with Crippen molar-refractivity contribution < 1.29 is 4.79 Å². The molecule has 0 bridgehead atoms. The number of amides is 1. The zero-order valence-electron chi connectivity index (χ0n) is 8.24. The minimum Gasteiger partial charge on any atom is -0.399 e. The molecule has 0 aliphatic carbocycles. The number of carbonyl (C=O) groups excluding carboxylic acids is 1. The van der Waals surface area contributed by atoms with Crippen molar-refractivity contribution in [1.82, 2.24) is 5.43 Å². The van der Waals surface area contributed by atoms with Crippen LogP contribution < -0.4 is 11.2 Å². The van der Waals surface area contributed by atoms with Gasteiger partial charge in [0.15, 0.2) is 0 Å². The van der Waals surface area contributed by atoms with Gasteiger partial charge in [-0.2, -0.15) is 5.10 Å². The molecule has 74 valence electrons. The van der Waals surface area contributed by atoms with E-state index in [2.05, 4.69) is 10.5 Å². The van der Waals surface area contributed by atoms with Gasteiger partial charge in [0.1, 0.15) is 0 Å². The first kappa shape index (κ1) is 10.2. The molecule has 0 atom stereocenters. The molecule has 0 aromatic heterocycles. The number of anilines is 1. The van der Waals surface area contributed by atoms with Crippen molar-refractivity contribution in [2.24, 2.45) is 5.10 Å². The van der Waals surface area contributed by atoms with Gasteiger partial charge in [-0.25, -0.2) is 5.43 Å². The molecule has 0 radical (unpaired) electrons. The highest BCUT2D eigenvalue weighted by molar-refractivity contribution is 5.99. The number of carbonyl (C=O) groups is 1. The summed E-state index contributed by atoms with van der Waals surface area (Å²) in [5, 5.41) is 3.90. The summed E-state index contributed by atoms with van der Waals surface area (Å²) in [5.74, 6) is -0.187. The molecule has 0 saturated carbocycles. The van der Waals surface area contributed by atoms with Gasteiger partial charge in [-0.15, -0.1) is 0 Å². The molecule has 0 fully saturated rings. The second kappa shape index (κ2) is 4.41. The first-order valence-electron chi connectivity index (χ1n) is 4.26. The van der Waals surface area contributed by atoms with Crippen molar-refractivity contribution >= 4 is 17.3 Å². The normalized spacial score (nSPS) is 11.1. The third-order valence-electron chi connectivity index (χ3n) is 1.69. The van der Waals surface area contributed by atoms with E-state index in [9.17, 15) is 4.79 Å². The van der Waals surface area contributed by atoms with Crippen molar-refractivity contribution in [3.8, 4) is 0 Å². The van der Waals surface area contributed by atoms with Gasteiger partial charge in [0.2, 0.25) is 5.91 Å². The molecule has 0 saturated heterocycles. The van der Waals surface area contributed by atoms with Crippen LogP contribution in [-0.4, -0.2) is 11.6 Å². The average Bonchev–Trinajstić information content (AvgIpc) is 2.14. The number of rotatable bonds is 2. The Balaban J connectivity index is 2.83. The molecule has 0 spiro atoms.